The monoisotopic (exact) mass is 438 g/mol. The highest BCUT2D eigenvalue weighted by Gasteiger charge is 2.21. The van der Waals surface area contributed by atoms with Crippen molar-refractivity contribution in [2.24, 2.45) is 0 Å². The molecule has 0 aliphatic heterocycles. The molecule has 0 unspecified atom stereocenters. The average molecular weight is 439 g/mol. The van der Waals surface area contributed by atoms with Crippen LogP contribution < -0.4 is 14.4 Å². The van der Waals surface area contributed by atoms with Crippen molar-refractivity contribution < 1.29 is 17.9 Å². The van der Waals surface area contributed by atoms with Crippen LogP contribution in [0.5, 0.6) is 5.75 Å². The Balaban J connectivity index is 1.55. The molecule has 0 saturated carbocycles. The molecule has 3 aromatic rings. The fourth-order valence-electron chi connectivity index (χ4n) is 2.87. The van der Waals surface area contributed by atoms with Crippen LogP contribution in [0, 0.1) is 13.8 Å². The van der Waals surface area contributed by atoms with E-state index in [4.69, 9.17) is 4.74 Å². The first-order chi connectivity index (χ1) is 14.8. The van der Waals surface area contributed by atoms with Gasteiger partial charge in [0.15, 0.2) is 6.61 Å². The minimum atomic E-state index is -3.66. The van der Waals surface area contributed by atoms with Gasteiger partial charge in [0.1, 0.15) is 5.75 Å². The summed E-state index contributed by atoms with van der Waals surface area (Å²) in [7, 11) is -2.15. The molecule has 0 bridgehead atoms. The van der Waals surface area contributed by atoms with Gasteiger partial charge in [0.25, 0.3) is 15.9 Å². The van der Waals surface area contributed by atoms with E-state index in [9.17, 15) is 13.2 Å². The molecule has 7 heteroatoms. The molecule has 0 spiro atoms. The fraction of sp³-hybridized carbons (Fsp3) is 0.208. The first-order valence-electron chi connectivity index (χ1n) is 9.86. The highest BCUT2D eigenvalue weighted by Crippen LogP contribution is 2.24. The predicted octanol–water partition coefficient (Wildman–Crippen LogP) is 3.82. The van der Waals surface area contributed by atoms with Crippen molar-refractivity contribution >= 4 is 21.6 Å². The summed E-state index contributed by atoms with van der Waals surface area (Å²) in [6, 6.07) is 21.2. The van der Waals surface area contributed by atoms with E-state index < -0.39 is 10.0 Å². The molecule has 31 heavy (non-hydrogen) atoms. The summed E-state index contributed by atoms with van der Waals surface area (Å²) in [6.07, 6.45) is 0. The Morgan fingerprint density at radius 1 is 0.871 bits per heavy atom. The van der Waals surface area contributed by atoms with Crippen LogP contribution in [-0.2, 0) is 21.4 Å². The predicted molar refractivity (Wildman–Crippen MR) is 122 cm³/mol. The summed E-state index contributed by atoms with van der Waals surface area (Å²) in [6.45, 7) is 4.23. The van der Waals surface area contributed by atoms with E-state index in [1.807, 2.05) is 38.1 Å². The van der Waals surface area contributed by atoms with Crippen molar-refractivity contribution in [2.45, 2.75) is 25.3 Å². The lowest BCUT2D eigenvalue weighted by atomic mass is 10.1. The van der Waals surface area contributed by atoms with Gasteiger partial charge in [-0.15, -0.1) is 0 Å². The lowest BCUT2D eigenvalue weighted by Gasteiger charge is -2.20. The molecule has 0 atom stereocenters. The molecule has 3 rings (SSSR count). The van der Waals surface area contributed by atoms with Crippen LogP contribution in [0.25, 0.3) is 0 Å². The first kappa shape index (κ1) is 22.4. The third-order valence-electron chi connectivity index (χ3n) is 4.86. The van der Waals surface area contributed by atoms with E-state index in [-0.39, 0.29) is 17.4 Å². The summed E-state index contributed by atoms with van der Waals surface area (Å²) >= 11 is 0. The molecule has 6 nitrogen and oxygen atoms in total. The lowest BCUT2D eigenvalue weighted by Crippen LogP contribution is -2.28. The Hall–Kier alpha value is -3.32. The Morgan fingerprint density at radius 2 is 1.42 bits per heavy atom. The molecule has 1 amide bonds. The second kappa shape index (κ2) is 9.66. The SMILES string of the molecule is Cc1ccc(CNC(=O)COc2ccc(N(C)S(=O)(=O)c3ccc(C)cc3)cc2)cc1. The molecule has 0 aliphatic carbocycles. The van der Waals surface area contributed by atoms with Crippen molar-refractivity contribution in [3.8, 4) is 5.75 Å². The van der Waals surface area contributed by atoms with Gasteiger partial charge in [0.05, 0.1) is 10.6 Å². The topological polar surface area (TPSA) is 75.7 Å². The second-order valence-electron chi connectivity index (χ2n) is 7.33. The van der Waals surface area contributed by atoms with E-state index in [1.165, 1.54) is 16.9 Å². The number of ether oxygens (including phenoxy) is 1. The zero-order valence-electron chi connectivity index (χ0n) is 17.8. The van der Waals surface area contributed by atoms with Gasteiger partial charge in [-0.05, 0) is 55.8 Å². The van der Waals surface area contributed by atoms with Gasteiger partial charge < -0.3 is 10.1 Å². The third-order valence-corrected chi connectivity index (χ3v) is 6.66. The zero-order chi connectivity index (χ0) is 22.4. The van der Waals surface area contributed by atoms with E-state index in [2.05, 4.69) is 5.32 Å². The van der Waals surface area contributed by atoms with Crippen molar-refractivity contribution in [3.05, 3.63) is 89.5 Å². The molecule has 1 N–H and O–H groups in total. The molecule has 3 aromatic carbocycles. The number of anilines is 1. The Labute approximate surface area is 183 Å². The second-order valence-corrected chi connectivity index (χ2v) is 9.30. The third kappa shape index (κ3) is 5.86. The highest BCUT2D eigenvalue weighted by molar-refractivity contribution is 7.92. The number of carbonyl (C=O) groups excluding carboxylic acids is 1. The van der Waals surface area contributed by atoms with Crippen LogP contribution in [0.1, 0.15) is 16.7 Å². The number of sulfonamides is 1. The summed E-state index contributed by atoms with van der Waals surface area (Å²) in [5.41, 5.74) is 3.67. The maximum absolute atomic E-state index is 12.8. The zero-order valence-corrected chi connectivity index (χ0v) is 18.6. The first-order valence-corrected chi connectivity index (χ1v) is 11.3. The van der Waals surface area contributed by atoms with E-state index in [0.29, 0.717) is 18.0 Å². The molecule has 0 fully saturated rings. The number of nitrogens with zero attached hydrogens (tertiary/aromatic N) is 1. The lowest BCUT2D eigenvalue weighted by molar-refractivity contribution is -0.123. The van der Waals surface area contributed by atoms with Gasteiger partial charge in [-0.2, -0.15) is 0 Å². The summed E-state index contributed by atoms with van der Waals surface area (Å²) in [5.74, 6) is 0.249. The maximum Gasteiger partial charge on any atom is 0.264 e. The van der Waals surface area contributed by atoms with Crippen LogP contribution in [0.3, 0.4) is 0 Å². The molecule has 0 heterocycles. The number of rotatable bonds is 8. The molecule has 0 saturated heterocycles. The summed E-state index contributed by atoms with van der Waals surface area (Å²) in [5, 5.41) is 2.81. The normalized spacial score (nSPS) is 11.1. The molecule has 0 aromatic heterocycles. The largest absolute Gasteiger partial charge is 0.484 e. The highest BCUT2D eigenvalue weighted by atomic mass is 32.2. The molecule has 0 radical (unpaired) electrons. The van der Waals surface area contributed by atoms with Crippen LogP contribution in [0.4, 0.5) is 5.69 Å². The van der Waals surface area contributed by atoms with Crippen molar-refractivity contribution in [2.75, 3.05) is 18.0 Å². The minimum Gasteiger partial charge on any atom is -0.484 e. The van der Waals surface area contributed by atoms with Gasteiger partial charge in [-0.1, -0.05) is 47.5 Å². The van der Waals surface area contributed by atoms with Crippen LogP contribution in [-0.4, -0.2) is 28.0 Å². The van der Waals surface area contributed by atoms with Gasteiger partial charge in [0, 0.05) is 13.6 Å². The quantitative estimate of drug-likeness (QED) is 0.580. The standard InChI is InChI=1S/C24H26N2O4S/c1-18-4-8-20(9-5-18)16-25-24(27)17-30-22-12-10-21(11-13-22)26(3)31(28,29)23-14-6-19(2)7-15-23/h4-15H,16-17H2,1-3H3,(H,25,27). The van der Waals surface area contributed by atoms with Gasteiger partial charge >= 0.3 is 0 Å². The molecular formula is C24H26N2O4S. The van der Waals surface area contributed by atoms with Crippen LogP contribution in [0.15, 0.2) is 77.7 Å². The van der Waals surface area contributed by atoms with Crippen molar-refractivity contribution in [1.29, 1.82) is 0 Å². The van der Waals surface area contributed by atoms with E-state index >= 15 is 0 Å². The van der Waals surface area contributed by atoms with Crippen LogP contribution in [0.2, 0.25) is 0 Å². The number of benzene rings is 3. The number of aryl methyl sites for hydroxylation is 2. The number of nitrogens with one attached hydrogen (secondary N) is 1. The molecule has 162 valence electrons. The smallest absolute Gasteiger partial charge is 0.264 e. The van der Waals surface area contributed by atoms with Crippen molar-refractivity contribution in [1.82, 2.24) is 5.32 Å². The molecular weight excluding hydrogens is 412 g/mol. The average Bonchev–Trinajstić information content (AvgIpc) is 2.77. The van der Waals surface area contributed by atoms with Gasteiger partial charge in [-0.3, -0.25) is 9.10 Å². The Kier molecular flexibility index (Phi) is 6.97. The summed E-state index contributed by atoms with van der Waals surface area (Å²) < 4.78 is 32.3. The summed E-state index contributed by atoms with van der Waals surface area (Å²) in [4.78, 5) is 12.2. The minimum absolute atomic E-state index is 0.122. The van der Waals surface area contributed by atoms with E-state index in [0.717, 1.165) is 11.1 Å². The molecule has 0 aliphatic rings. The maximum atomic E-state index is 12.8. The fourth-order valence-corrected chi connectivity index (χ4v) is 4.06. The van der Waals surface area contributed by atoms with E-state index in [1.54, 1.807) is 48.5 Å². The Bertz CT molecular complexity index is 1120. The Morgan fingerprint density at radius 3 is 2.00 bits per heavy atom. The number of hydrogen-bond donors (Lipinski definition) is 1. The number of hydrogen-bond acceptors (Lipinski definition) is 4. The van der Waals surface area contributed by atoms with Crippen LogP contribution >= 0.6 is 0 Å². The number of amides is 1. The van der Waals surface area contributed by atoms with Gasteiger partial charge in [0.2, 0.25) is 0 Å². The number of carbonyl (C=O) groups is 1. The van der Waals surface area contributed by atoms with Crippen molar-refractivity contribution in [3.63, 3.8) is 0 Å². The van der Waals surface area contributed by atoms with Gasteiger partial charge in [-0.25, -0.2) is 8.42 Å².